The number of carbonyl (C=O) groups excluding carboxylic acids is 1. The van der Waals surface area contributed by atoms with Crippen molar-refractivity contribution in [3.05, 3.63) is 94.5 Å². The van der Waals surface area contributed by atoms with Crippen molar-refractivity contribution < 1.29 is 14.3 Å². The summed E-state index contributed by atoms with van der Waals surface area (Å²) < 4.78 is 11.1. The van der Waals surface area contributed by atoms with Crippen molar-refractivity contribution in [2.24, 2.45) is 0 Å². The summed E-state index contributed by atoms with van der Waals surface area (Å²) in [5, 5.41) is 3.63. The van der Waals surface area contributed by atoms with Crippen molar-refractivity contribution in [3.8, 4) is 11.5 Å². The van der Waals surface area contributed by atoms with E-state index in [1.54, 1.807) is 31.4 Å². The molecule has 0 aromatic heterocycles. The highest BCUT2D eigenvalue weighted by molar-refractivity contribution is 6.31. The Bertz CT molecular complexity index is 941. The molecule has 5 heteroatoms. The molecule has 0 radical (unpaired) electrons. The van der Waals surface area contributed by atoms with Gasteiger partial charge in [-0.3, -0.25) is 4.79 Å². The zero-order chi connectivity index (χ0) is 20.5. The highest BCUT2D eigenvalue weighted by Gasteiger charge is 2.07. The highest BCUT2D eigenvalue weighted by Crippen LogP contribution is 2.20. The van der Waals surface area contributed by atoms with Gasteiger partial charge in [0.05, 0.1) is 7.11 Å². The number of nitrogens with one attached hydrogen (secondary N) is 1. The maximum atomic E-state index is 12.3. The van der Waals surface area contributed by atoms with Crippen LogP contribution in [0.15, 0.2) is 72.8 Å². The van der Waals surface area contributed by atoms with Gasteiger partial charge in [0.25, 0.3) is 5.91 Å². The number of carbonyl (C=O) groups is 1. The van der Waals surface area contributed by atoms with Crippen LogP contribution in [0, 0.1) is 0 Å². The van der Waals surface area contributed by atoms with E-state index in [9.17, 15) is 4.79 Å². The topological polar surface area (TPSA) is 47.6 Å². The van der Waals surface area contributed by atoms with Crippen LogP contribution in [0.1, 0.15) is 27.9 Å². The summed E-state index contributed by atoms with van der Waals surface area (Å²) in [6.45, 7) is 0.982. The van der Waals surface area contributed by atoms with Crippen LogP contribution in [0.4, 0.5) is 0 Å². The van der Waals surface area contributed by atoms with Gasteiger partial charge < -0.3 is 14.8 Å². The van der Waals surface area contributed by atoms with Crippen LogP contribution in [0.3, 0.4) is 0 Å². The number of halogens is 1. The SMILES string of the molecule is COc1ccccc1CCCNC(=O)c1ccc(OCc2ccccc2Cl)cc1. The van der Waals surface area contributed by atoms with Gasteiger partial charge in [-0.25, -0.2) is 0 Å². The summed E-state index contributed by atoms with van der Waals surface area (Å²) in [6.07, 6.45) is 1.68. The van der Waals surface area contributed by atoms with Crippen molar-refractivity contribution in [2.45, 2.75) is 19.4 Å². The molecule has 0 spiro atoms. The molecule has 4 nitrogen and oxygen atoms in total. The van der Waals surface area contributed by atoms with Gasteiger partial charge in [-0.2, -0.15) is 0 Å². The molecule has 0 aliphatic carbocycles. The monoisotopic (exact) mass is 409 g/mol. The maximum Gasteiger partial charge on any atom is 0.251 e. The van der Waals surface area contributed by atoms with Gasteiger partial charge in [-0.05, 0) is 54.8 Å². The molecule has 0 aliphatic rings. The van der Waals surface area contributed by atoms with E-state index in [1.807, 2.05) is 48.5 Å². The van der Waals surface area contributed by atoms with E-state index in [0.717, 1.165) is 29.7 Å². The van der Waals surface area contributed by atoms with E-state index in [1.165, 1.54) is 0 Å². The van der Waals surface area contributed by atoms with Gasteiger partial charge in [0.1, 0.15) is 18.1 Å². The van der Waals surface area contributed by atoms with Crippen LogP contribution in [-0.2, 0) is 13.0 Å². The first-order valence-electron chi connectivity index (χ1n) is 9.54. The Morgan fingerprint density at radius 1 is 0.931 bits per heavy atom. The number of para-hydroxylation sites is 1. The molecule has 0 saturated heterocycles. The number of methoxy groups -OCH3 is 1. The lowest BCUT2D eigenvalue weighted by atomic mass is 10.1. The molecule has 0 fully saturated rings. The second-order valence-electron chi connectivity index (χ2n) is 6.58. The highest BCUT2D eigenvalue weighted by atomic mass is 35.5. The van der Waals surface area contributed by atoms with Crippen LogP contribution in [0.2, 0.25) is 5.02 Å². The van der Waals surface area contributed by atoms with E-state index in [2.05, 4.69) is 5.32 Å². The van der Waals surface area contributed by atoms with Gasteiger partial charge in [0, 0.05) is 22.7 Å². The third-order valence-electron chi connectivity index (χ3n) is 4.57. The summed E-state index contributed by atoms with van der Waals surface area (Å²) in [5.74, 6) is 1.48. The second kappa shape index (κ2) is 10.5. The third kappa shape index (κ3) is 6.00. The van der Waals surface area contributed by atoms with Crippen molar-refractivity contribution in [2.75, 3.05) is 13.7 Å². The average Bonchev–Trinajstić information content (AvgIpc) is 2.76. The lowest BCUT2D eigenvalue weighted by Gasteiger charge is -2.10. The minimum absolute atomic E-state index is 0.0947. The van der Waals surface area contributed by atoms with Gasteiger partial charge in [-0.1, -0.05) is 48.0 Å². The normalized spacial score (nSPS) is 10.4. The number of rotatable bonds is 9. The Balaban J connectivity index is 1.44. The van der Waals surface area contributed by atoms with E-state index in [-0.39, 0.29) is 5.91 Å². The number of hydrogen-bond donors (Lipinski definition) is 1. The average molecular weight is 410 g/mol. The van der Waals surface area contributed by atoms with Gasteiger partial charge >= 0.3 is 0 Å². The minimum Gasteiger partial charge on any atom is -0.496 e. The van der Waals surface area contributed by atoms with Gasteiger partial charge in [0.2, 0.25) is 0 Å². The molecule has 0 aliphatic heterocycles. The fourth-order valence-corrected chi connectivity index (χ4v) is 3.16. The zero-order valence-electron chi connectivity index (χ0n) is 16.4. The first kappa shape index (κ1) is 20.7. The first-order valence-corrected chi connectivity index (χ1v) is 9.91. The number of aryl methyl sites for hydroxylation is 1. The Morgan fingerprint density at radius 2 is 1.62 bits per heavy atom. The van der Waals surface area contributed by atoms with E-state index < -0.39 is 0 Å². The van der Waals surface area contributed by atoms with Crippen LogP contribution in [0.5, 0.6) is 11.5 Å². The van der Waals surface area contributed by atoms with E-state index in [0.29, 0.717) is 29.5 Å². The number of amides is 1. The third-order valence-corrected chi connectivity index (χ3v) is 4.94. The number of benzene rings is 3. The fourth-order valence-electron chi connectivity index (χ4n) is 2.97. The Kier molecular flexibility index (Phi) is 7.54. The Morgan fingerprint density at radius 3 is 2.34 bits per heavy atom. The van der Waals surface area contributed by atoms with Crippen molar-refractivity contribution >= 4 is 17.5 Å². The first-order chi connectivity index (χ1) is 14.2. The summed E-state index contributed by atoms with van der Waals surface area (Å²) in [6, 6.07) is 22.6. The standard InChI is InChI=1S/C24H24ClNO3/c1-28-23-11-5-3-7-18(23)9-6-16-26-24(27)19-12-14-21(15-13-19)29-17-20-8-2-4-10-22(20)25/h2-5,7-8,10-15H,6,9,16-17H2,1H3,(H,26,27). The molecule has 0 unspecified atom stereocenters. The molecule has 0 atom stereocenters. The lowest BCUT2D eigenvalue weighted by Crippen LogP contribution is -2.24. The quantitative estimate of drug-likeness (QED) is 0.488. The number of hydrogen-bond acceptors (Lipinski definition) is 3. The summed E-state index contributed by atoms with van der Waals surface area (Å²) >= 11 is 6.13. The fraction of sp³-hybridized carbons (Fsp3) is 0.208. The molecule has 0 heterocycles. The van der Waals surface area contributed by atoms with Crippen LogP contribution < -0.4 is 14.8 Å². The molecule has 0 bridgehead atoms. The summed E-state index contributed by atoms with van der Waals surface area (Å²) in [5.41, 5.74) is 2.67. The molecule has 150 valence electrons. The summed E-state index contributed by atoms with van der Waals surface area (Å²) in [7, 11) is 1.67. The van der Waals surface area contributed by atoms with Gasteiger partial charge in [0.15, 0.2) is 0 Å². The molecular formula is C24H24ClNO3. The van der Waals surface area contributed by atoms with Crippen molar-refractivity contribution in [3.63, 3.8) is 0 Å². The smallest absolute Gasteiger partial charge is 0.251 e. The Hall–Kier alpha value is -2.98. The minimum atomic E-state index is -0.0947. The molecule has 3 rings (SSSR count). The molecule has 1 amide bonds. The largest absolute Gasteiger partial charge is 0.496 e. The van der Waals surface area contributed by atoms with Crippen molar-refractivity contribution in [1.82, 2.24) is 5.32 Å². The summed E-state index contributed by atoms with van der Waals surface area (Å²) in [4.78, 5) is 12.3. The predicted molar refractivity (Wildman–Crippen MR) is 116 cm³/mol. The molecule has 3 aromatic rings. The molecule has 29 heavy (non-hydrogen) atoms. The molecule has 3 aromatic carbocycles. The maximum absolute atomic E-state index is 12.3. The number of ether oxygens (including phenoxy) is 2. The lowest BCUT2D eigenvalue weighted by molar-refractivity contribution is 0.0953. The van der Waals surface area contributed by atoms with E-state index >= 15 is 0 Å². The molecule has 0 saturated carbocycles. The molecular weight excluding hydrogens is 386 g/mol. The van der Waals surface area contributed by atoms with E-state index in [4.69, 9.17) is 21.1 Å². The van der Waals surface area contributed by atoms with Crippen molar-refractivity contribution in [1.29, 1.82) is 0 Å². The van der Waals surface area contributed by atoms with Crippen LogP contribution in [0.25, 0.3) is 0 Å². The molecule has 1 N–H and O–H groups in total. The predicted octanol–water partition coefficient (Wildman–Crippen LogP) is 5.29. The Labute approximate surface area is 176 Å². The van der Waals surface area contributed by atoms with Crippen LogP contribution >= 0.6 is 11.6 Å². The zero-order valence-corrected chi connectivity index (χ0v) is 17.1. The van der Waals surface area contributed by atoms with Gasteiger partial charge in [-0.15, -0.1) is 0 Å². The second-order valence-corrected chi connectivity index (χ2v) is 6.98. The van der Waals surface area contributed by atoms with Crippen LogP contribution in [-0.4, -0.2) is 19.6 Å².